The Morgan fingerprint density at radius 2 is 2.16 bits per heavy atom. The maximum absolute atomic E-state index is 5.83. The molecule has 2 heterocycles. The molecule has 19 heavy (non-hydrogen) atoms. The molecule has 2 saturated heterocycles. The second-order valence-corrected chi connectivity index (χ2v) is 7.02. The number of rotatable bonds is 4. The number of hydrogen-bond acceptors (Lipinski definition) is 4. The lowest BCUT2D eigenvalue weighted by atomic mass is 9.97. The van der Waals surface area contributed by atoms with Crippen molar-refractivity contribution >= 4 is 0 Å². The quantitative estimate of drug-likeness (QED) is 0.829. The first kappa shape index (κ1) is 15.2. The number of likely N-dealkylation sites (N-methyl/N-ethyl adjacent to an activating group) is 1. The molecule has 0 saturated carbocycles. The predicted molar refractivity (Wildman–Crippen MR) is 79.6 cm³/mol. The summed E-state index contributed by atoms with van der Waals surface area (Å²) in [6, 6.07) is 0.568. The Labute approximate surface area is 118 Å². The van der Waals surface area contributed by atoms with Crippen LogP contribution in [0.5, 0.6) is 0 Å². The topological polar surface area (TPSA) is 27.7 Å². The minimum Gasteiger partial charge on any atom is -0.377 e. The van der Waals surface area contributed by atoms with Gasteiger partial charge >= 0.3 is 0 Å². The van der Waals surface area contributed by atoms with Crippen molar-refractivity contribution in [2.75, 3.05) is 46.9 Å². The smallest absolute Gasteiger partial charge is 0.0703 e. The van der Waals surface area contributed by atoms with Gasteiger partial charge in [0.15, 0.2) is 0 Å². The highest BCUT2D eigenvalue weighted by Crippen LogP contribution is 2.24. The molecule has 0 bridgehead atoms. The van der Waals surface area contributed by atoms with E-state index in [2.05, 4.69) is 43.1 Å². The molecule has 2 aliphatic rings. The third-order valence-electron chi connectivity index (χ3n) is 4.50. The minimum atomic E-state index is 0.278. The monoisotopic (exact) mass is 269 g/mol. The van der Waals surface area contributed by atoms with E-state index in [1.165, 1.54) is 19.3 Å². The molecule has 0 amide bonds. The van der Waals surface area contributed by atoms with Crippen molar-refractivity contribution < 1.29 is 4.74 Å². The molecule has 112 valence electrons. The molecule has 1 N–H and O–H groups in total. The molecule has 4 nitrogen and oxygen atoms in total. The Balaban J connectivity index is 1.97. The van der Waals surface area contributed by atoms with Crippen LogP contribution in [-0.2, 0) is 4.74 Å². The number of hydrogen-bond donors (Lipinski definition) is 1. The molecule has 0 aromatic heterocycles. The lowest BCUT2D eigenvalue weighted by Crippen LogP contribution is -2.51. The number of nitrogens with one attached hydrogen (secondary N) is 1. The Bertz CT molecular complexity index is 275. The third kappa shape index (κ3) is 4.42. The fourth-order valence-electron chi connectivity index (χ4n) is 3.24. The van der Waals surface area contributed by atoms with Crippen molar-refractivity contribution in [2.45, 2.75) is 50.8 Å². The van der Waals surface area contributed by atoms with Gasteiger partial charge in [0.1, 0.15) is 0 Å². The van der Waals surface area contributed by atoms with Gasteiger partial charge in [0.25, 0.3) is 0 Å². The van der Waals surface area contributed by atoms with Gasteiger partial charge in [-0.1, -0.05) is 0 Å². The highest BCUT2D eigenvalue weighted by molar-refractivity contribution is 4.91. The van der Waals surface area contributed by atoms with Crippen molar-refractivity contribution in [1.82, 2.24) is 15.1 Å². The van der Waals surface area contributed by atoms with E-state index in [9.17, 15) is 0 Å². The van der Waals surface area contributed by atoms with Crippen LogP contribution in [0.2, 0.25) is 0 Å². The van der Waals surface area contributed by atoms with Gasteiger partial charge < -0.3 is 15.0 Å². The molecule has 2 rings (SSSR count). The van der Waals surface area contributed by atoms with Crippen LogP contribution in [0.25, 0.3) is 0 Å². The van der Waals surface area contributed by atoms with Gasteiger partial charge in [-0.15, -0.1) is 0 Å². The normalized spacial score (nSPS) is 32.7. The second-order valence-electron chi connectivity index (χ2n) is 7.02. The van der Waals surface area contributed by atoms with Gasteiger partial charge in [0.2, 0.25) is 0 Å². The fraction of sp³-hybridized carbons (Fsp3) is 1.00. The average molecular weight is 269 g/mol. The van der Waals surface area contributed by atoms with Gasteiger partial charge in [-0.3, -0.25) is 4.90 Å². The Morgan fingerprint density at radius 1 is 1.37 bits per heavy atom. The summed E-state index contributed by atoms with van der Waals surface area (Å²) in [6.45, 7) is 10.2. The maximum Gasteiger partial charge on any atom is 0.0703 e. The lowest BCUT2D eigenvalue weighted by molar-refractivity contribution is 0.0303. The predicted octanol–water partition coefficient (Wildman–Crippen LogP) is 1.17. The first-order chi connectivity index (χ1) is 8.97. The summed E-state index contributed by atoms with van der Waals surface area (Å²) in [4.78, 5) is 4.93. The zero-order chi connectivity index (χ0) is 13.9. The zero-order valence-corrected chi connectivity index (χ0v) is 13.1. The minimum absolute atomic E-state index is 0.278. The molecule has 2 fully saturated rings. The highest BCUT2D eigenvalue weighted by Gasteiger charge is 2.33. The standard InChI is InChI=1S/C15H31N3O/c1-15(2)7-8-16-13(10-17(3)4)11-18(15)12-14-6-5-9-19-14/h13-14,16H,5-12H2,1-4H3. The van der Waals surface area contributed by atoms with Crippen LogP contribution >= 0.6 is 0 Å². The van der Waals surface area contributed by atoms with Gasteiger partial charge in [-0.05, 0) is 53.8 Å². The van der Waals surface area contributed by atoms with E-state index in [0.717, 1.165) is 32.8 Å². The maximum atomic E-state index is 5.83. The third-order valence-corrected chi connectivity index (χ3v) is 4.50. The van der Waals surface area contributed by atoms with E-state index < -0.39 is 0 Å². The molecule has 2 aliphatic heterocycles. The van der Waals surface area contributed by atoms with Gasteiger partial charge in [0.05, 0.1) is 6.10 Å². The second kappa shape index (κ2) is 6.53. The zero-order valence-electron chi connectivity index (χ0n) is 13.1. The summed E-state index contributed by atoms with van der Waals surface area (Å²) < 4.78 is 5.83. The van der Waals surface area contributed by atoms with Crippen molar-refractivity contribution in [3.63, 3.8) is 0 Å². The first-order valence-corrected chi connectivity index (χ1v) is 7.72. The molecular formula is C15H31N3O. The summed E-state index contributed by atoms with van der Waals surface area (Å²) >= 11 is 0. The van der Waals surface area contributed by atoms with E-state index in [4.69, 9.17) is 4.74 Å². The lowest BCUT2D eigenvalue weighted by Gasteiger charge is -2.39. The molecule has 2 unspecified atom stereocenters. The van der Waals surface area contributed by atoms with Crippen molar-refractivity contribution in [3.05, 3.63) is 0 Å². The fourth-order valence-corrected chi connectivity index (χ4v) is 3.24. The summed E-state index contributed by atoms with van der Waals surface area (Å²) in [5.41, 5.74) is 0.278. The summed E-state index contributed by atoms with van der Waals surface area (Å²) in [6.07, 6.45) is 4.14. The molecule has 0 spiro atoms. The van der Waals surface area contributed by atoms with E-state index >= 15 is 0 Å². The molecule has 2 atom stereocenters. The number of nitrogens with zero attached hydrogens (tertiary/aromatic N) is 2. The van der Waals surface area contributed by atoms with E-state index in [0.29, 0.717) is 12.1 Å². The van der Waals surface area contributed by atoms with Crippen LogP contribution in [0.15, 0.2) is 0 Å². The largest absolute Gasteiger partial charge is 0.377 e. The van der Waals surface area contributed by atoms with Crippen molar-refractivity contribution in [1.29, 1.82) is 0 Å². The van der Waals surface area contributed by atoms with Crippen LogP contribution in [0.4, 0.5) is 0 Å². The van der Waals surface area contributed by atoms with Crippen molar-refractivity contribution in [2.24, 2.45) is 0 Å². The van der Waals surface area contributed by atoms with Gasteiger partial charge in [-0.25, -0.2) is 0 Å². The average Bonchev–Trinajstić information content (AvgIpc) is 2.75. The summed E-state index contributed by atoms with van der Waals surface area (Å²) in [7, 11) is 4.31. The molecular weight excluding hydrogens is 238 g/mol. The van der Waals surface area contributed by atoms with Gasteiger partial charge in [0, 0.05) is 37.8 Å². The molecule has 0 aromatic carbocycles. The van der Waals surface area contributed by atoms with Gasteiger partial charge in [-0.2, -0.15) is 0 Å². The Hall–Kier alpha value is -0.160. The molecule has 0 aliphatic carbocycles. The van der Waals surface area contributed by atoms with Crippen molar-refractivity contribution in [3.8, 4) is 0 Å². The molecule has 0 radical (unpaired) electrons. The Kier molecular flexibility index (Phi) is 5.23. The Morgan fingerprint density at radius 3 is 2.79 bits per heavy atom. The van der Waals surface area contributed by atoms with E-state index in [-0.39, 0.29) is 5.54 Å². The molecule has 4 heteroatoms. The van der Waals surface area contributed by atoms with Crippen LogP contribution < -0.4 is 5.32 Å². The SMILES string of the molecule is CN(C)CC1CN(CC2CCCO2)C(C)(C)CCN1. The van der Waals surface area contributed by atoms with Crippen LogP contribution in [0.1, 0.15) is 33.1 Å². The highest BCUT2D eigenvalue weighted by atomic mass is 16.5. The number of ether oxygens (including phenoxy) is 1. The first-order valence-electron chi connectivity index (χ1n) is 7.72. The van der Waals surface area contributed by atoms with E-state index in [1.807, 2.05) is 0 Å². The van der Waals surface area contributed by atoms with E-state index in [1.54, 1.807) is 0 Å². The van der Waals surface area contributed by atoms with Crippen LogP contribution in [-0.4, -0.2) is 74.4 Å². The van der Waals surface area contributed by atoms with Crippen LogP contribution in [0, 0.1) is 0 Å². The van der Waals surface area contributed by atoms with Crippen LogP contribution in [0.3, 0.4) is 0 Å². The summed E-state index contributed by atoms with van der Waals surface area (Å²) in [5, 5.41) is 3.70. The molecule has 0 aromatic rings. The summed E-state index contributed by atoms with van der Waals surface area (Å²) in [5.74, 6) is 0.